The molecule has 0 saturated heterocycles. The molecule has 0 aliphatic heterocycles. The Hall–Kier alpha value is -1.66. The molecule has 2 unspecified atom stereocenters. The molecular weight excluding hydrogens is 743 g/mol. The number of rotatable bonds is 49. The third-order valence-corrected chi connectivity index (χ3v) is 12.2. The first-order valence-corrected chi connectivity index (χ1v) is 26.6. The molecule has 0 aromatic carbocycles. The number of ether oxygens (including phenoxy) is 1. The predicted molar refractivity (Wildman–Crippen MR) is 260 cm³/mol. The van der Waals surface area contributed by atoms with Gasteiger partial charge in [-0.15, -0.1) is 0 Å². The van der Waals surface area contributed by atoms with Crippen molar-refractivity contribution in [2.24, 2.45) is 0 Å². The van der Waals surface area contributed by atoms with Crippen molar-refractivity contribution >= 4 is 11.9 Å². The Morgan fingerprint density at radius 2 is 0.783 bits per heavy atom. The maximum Gasteiger partial charge on any atom is 0.305 e. The molecule has 0 rings (SSSR count). The Morgan fingerprint density at radius 1 is 0.450 bits per heavy atom. The zero-order valence-corrected chi connectivity index (χ0v) is 40.2. The Balaban J connectivity index is 3.48. The SMILES string of the molecule is CCCCCCCC/C=C\CCCCCCCC(=O)OCCCCCCCCCCCCCCCC(=O)NC(CO)C(O)/C=C/CCCCCCCCCCCCCCC. The number of carbonyl (C=O) groups is 2. The minimum Gasteiger partial charge on any atom is -0.466 e. The maximum absolute atomic E-state index is 12.4. The summed E-state index contributed by atoms with van der Waals surface area (Å²) in [5.74, 6) is -0.0954. The van der Waals surface area contributed by atoms with Crippen LogP contribution in [0, 0.1) is 0 Å². The Bertz CT molecular complexity index is 935. The molecule has 0 fully saturated rings. The van der Waals surface area contributed by atoms with Gasteiger partial charge in [0.15, 0.2) is 0 Å². The number of aliphatic hydroxyl groups excluding tert-OH is 2. The fourth-order valence-corrected chi connectivity index (χ4v) is 8.10. The Labute approximate surface area is 373 Å². The van der Waals surface area contributed by atoms with Gasteiger partial charge in [-0.25, -0.2) is 0 Å². The lowest BCUT2D eigenvalue weighted by molar-refractivity contribution is -0.143. The molecule has 3 N–H and O–H groups in total. The normalized spacial score (nSPS) is 12.8. The van der Waals surface area contributed by atoms with E-state index in [-0.39, 0.29) is 18.5 Å². The van der Waals surface area contributed by atoms with Crippen LogP contribution in [0.2, 0.25) is 0 Å². The van der Waals surface area contributed by atoms with Gasteiger partial charge in [-0.2, -0.15) is 0 Å². The van der Waals surface area contributed by atoms with E-state index in [1.165, 1.54) is 199 Å². The van der Waals surface area contributed by atoms with Crippen molar-refractivity contribution in [3.63, 3.8) is 0 Å². The first-order chi connectivity index (χ1) is 29.5. The summed E-state index contributed by atoms with van der Waals surface area (Å²) < 4.78 is 5.46. The molecule has 6 nitrogen and oxygen atoms in total. The molecule has 0 radical (unpaired) electrons. The van der Waals surface area contributed by atoms with Crippen molar-refractivity contribution in [1.82, 2.24) is 5.32 Å². The van der Waals surface area contributed by atoms with Crippen LogP contribution in [0.1, 0.15) is 284 Å². The van der Waals surface area contributed by atoms with Crippen LogP contribution in [0.15, 0.2) is 24.3 Å². The number of hydrogen-bond donors (Lipinski definition) is 3. The van der Waals surface area contributed by atoms with Gasteiger partial charge in [0, 0.05) is 12.8 Å². The van der Waals surface area contributed by atoms with Crippen molar-refractivity contribution in [1.29, 1.82) is 0 Å². The zero-order valence-electron chi connectivity index (χ0n) is 40.2. The van der Waals surface area contributed by atoms with Crippen molar-refractivity contribution in [2.75, 3.05) is 13.2 Å². The first-order valence-electron chi connectivity index (χ1n) is 26.6. The second-order valence-corrected chi connectivity index (χ2v) is 18.2. The van der Waals surface area contributed by atoms with E-state index in [4.69, 9.17) is 4.74 Å². The summed E-state index contributed by atoms with van der Waals surface area (Å²) in [4.78, 5) is 24.5. The average Bonchev–Trinajstić information content (AvgIpc) is 3.25. The molecule has 2 atom stereocenters. The lowest BCUT2D eigenvalue weighted by Gasteiger charge is -2.20. The highest BCUT2D eigenvalue weighted by Crippen LogP contribution is 2.16. The molecule has 0 aliphatic rings. The highest BCUT2D eigenvalue weighted by atomic mass is 16.5. The number of amides is 1. The number of allylic oxidation sites excluding steroid dienone is 3. The van der Waals surface area contributed by atoms with Gasteiger partial charge in [0.05, 0.1) is 25.4 Å². The summed E-state index contributed by atoms with van der Waals surface area (Å²) in [5, 5.41) is 23.1. The monoisotopic (exact) mass is 846 g/mol. The van der Waals surface area contributed by atoms with Gasteiger partial charge in [0.25, 0.3) is 0 Å². The second-order valence-electron chi connectivity index (χ2n) is 18.2. The lowest BCUT2D eigenvalue weighted by Crippen LogP contribution is -2.45. The van der Waals surface area contributed by atoms with Crippen LogP contribution in [0.25, 0.3) is 0 Å². The molecular formula is C54H103NO5. The minimum absolute atomic E-state index is 0.0149. The van der Waals surface area contributed by atoms with Crippen LogP contribution in [-0.2, 0) is 14.3 Å². The largest absolute Gasteiger partial charge is 0.466 e. The van der Waals surface area contributed by atoms with Crippen LogP contribution in [0.3, 0.4) is 0 Å². The molecule has 1 amide bonds. The molecule has 0 bridgehead atoms. The van der Waals surface area contributed by atoms with Crippen molar-refractivity contribution in [3.05, 3.63) is 24.3 Å². The third-order valence-electron chi connectivity index (χ3n) is 12.2. The van der Waals surface area contributed by atoms with Gasteiger partial charge in [0.1, 0.15) is 0 Å². The molecule has 0 aromatic heterocycles. The van der Waals surface area contributed by atoms with Gasteiger partial charge in [0.2, 0.25) is 5.91 Å². The van der Waals surface area contributed by atoms with Crippen LogP contribution in [0.5, 0.6) is 0 Å². The lowest BCUT2D eigenvalue weighted by atomic mass is 10.0. The van der Waals surface area contributed by atoms with E-state index in [0.29, 0.717) is 19.4 Å². The Kier molecular flexibility index (Phi) is 48.6. The molecule has 0 aromatic rings. The number of carbonyl (C=O) groups excluding carboxylic acids is 2. The van der Waals surface area contributed by atoms with Gasteiger partial charge >= 0.3 is 5.97 Å². The van der Waals surface area contributed by atoms with Crippen LogP contribution in [-0.4, -0.2) is 47.4 Å². The van der Waals surface area contributed by atoms with Crippen LogP contribution < -0.4 is 5.32 Å². The summed E-state index contributed by atoms with van der Waals surface area (Å²) >= 11 is 0. The average molecular weight is 846 g/mol. The van der Waals surface area contributed by atoms with Gasteiger partial charge in [-0.05, 0) is 57.8 Å². The fraction of sp³-hybridized carbons (Fsp3) is 0.889. The molecule has 6 heteroatoms. The maximum atomic E-state index is 12.4. The smallest absolute Gasteiger partial charge is 0.305 e. The number of hydrogen-bond acceptors (Lipinski definition) is 5. The topological polar surface area (TPSA) is 95.9 Å². The summed E-state index contributed by atoms with van der Waals surface area (Å²) in [5.41, 5.74) is 0. The molecule has 0 heterocycles. The second kappa shape index (κ2) is 50.0. The summed E-state index contributed by atoms with van der Waals surface area (Å²) in [6.45, 7) is 4.87. The fourth-order valence-electron chi connectivity index (χ4n) is 8.10. The molecule has 60 heavy (non-hydrogen) atoms. The van der Waals surface area contributed by atoms with Crippen molar-refractivity contribution < 1.29 is 24.5 Å². The quantitative estimate of drug-likeness (QED) is 0.0322. The number of unbranched alkanes of at least 4 members (excludes halogenated alkanes) is 36. The van der Waals surface area contributed by atoms with Gasteiger partial charge in [-0.3, -0.25) is 9.59 Å². The van der Waals surface area contributed by atoms with E-state index >= 15 is 0 Å². The minimum atomic E-state index is -0.852. The molecule has 0 saturated carbocycles. The van der Waals surface area contributed by atoms with Crippen LogP contribution >= 0.6 is 0 Å². The molecule has 354 valence electrons. The van der Waals surface area contributed by atoms with Gasteiger partial charge in [-0.1, -0.05) is 237 Å². The predicted octanol–water partition coefficient (Wildman–Crippen LogP) is 15.9. The Morgan fingerprint density at radius 3 is 1.18 bits per heavy atom. The van der Waals surface area contributed by atoms with Crippen molar-refractivity contribution in [2.45, 2.75) is 296 Å². The van der Waals surface area contributed by atoms with E-state index in [2.05, 4.69) is 31.3 Å². The first kappa shape index (κ1) is 58.3. The number of nitrogens with one attached hydrogen (secondary N) is 1. The highest BCUT2D eigenvalue weighted by molar-refractivity contribution is 5.76. The molecule has 0 aliphatic carbocycles. The number of esters is 1. The summed E-state index contributed by atoms with van der Waals surface area (Å²) in [6, 6.07) is -0.637. The third kappa shape index (κ3) is 45.9. The van der Waals surface area contributed by atoms with E-state index in [1.807, 2.05) is 6.08 Å². The van der Waals surface area contributed by atoms with Crippen molar-refractivity contribution in [3.8, 4) is 0 Å². The van der Waals surface area contributed by atoms with E-state index < -0.39 is 12.1 Å². The standard InChI is InChI=1S/C54H103NO5/c1-3-5-7-9-11-13-15-17-19-22-26-30-34-38-42-46-52(57)51(50-56)55-53(58)47-43-39-35-31-27-23-21-25-29-33-37-41-45-49-60-54(59)48-44-40-36-32-28-24-20-18-16-14-12-10-8-6-4-2/h18,20,42,46,51-52,56-57H,3-17,19,21-41,43-45,47-50H2,1-2H3,(H,55,58)/b20-18-,46-42+. The van der Waals surface area contributed by atoms with E-state index in [0.717, 1.165) is 57.8 Å². The van der Waals surface area contributed by atoms with Gasteiger partial charge < -0.3 is 20.3 Å². The number of aliphatic hydroxyl groups is 2. The highest BCUT2D eigenvalue weighted by Gasteiger charge is 2.18. The summed E-state index contributed by atoms with van der Waals surface area (Å²) in [7, 11) is 0. The van der Waals surface area contributed by atoms with Crippen LogP contribution in [0.4, 0.5) is 0 Å². The molecule has 0 spiro atoms. The van der Waals surface area contributed by atoms with E-state index in [9.17, 15) is 19.8 Å². The summed E-state index contributed by atoms with van der Waals surface area (Å²) in [6.07, 6.45) is 58.9. The zero-order chi connectivity index (χ0) is 43.7. The van der Waals surface area contributed by atoms with E-state index in [1.54, 1.807) is 6.08 Å².